The average molecular weight is 303 g/mol. The van der Waals surface area contributed by atoms with Crippen molar-refractivity contribution < 1.29 is 9.53 Å². The molecule has 0 aliphatic carbocycles. The van der Waals surface area contributed by atoms with Gasteiger partial charge in [0, 0.05) is 27.2 Å². The molecule has 1 aromatic heterocycles. The minimum atomic E-state index is -0.0994. The fraction of sp³-hybridized carbons (Fsp3) is 0.692. The summed E-state index contributed by atoms with van der Waals surface area (Å²) in [5.41, 5.74) is 1.52. The molecule has 1 saturated heterocycles. The van der Waals surface area contributed by atoms with Crippen LogP contribution in [0.2, 0.25) is 0 Å². The normalized spacial score (nSPS) is 21.9. The van der Waals surface area contributed by atoms with Crippen molar-refractivity contribution in [3.8, 4) is 0 Å². The molecule has 2 heterocycles. The number of nitrogens with zero attached hydrogens (tertiary/aromatic N) is 2. The smallest absolute Gasteiger partial charge is 0.269 e. The first kappa shape index (κ1) is 16.9. The molecule has 1 aliphatic heterocycles. The van der Waals surface area contributed by atoms with Gasteiger partial charge in [0.2, 0.25) is 0 Å². The SMILES string of the molecule is CO[C@H]1CNCC1NC(=O)c1cc(C(C)C)nn1C.Cl. The molecule has 6 nitrogen and oxygen atoms in total. The predicted molar refractivity (Wildman–Crippen MR) is 79.5 cm³/mol. The number of halogens is 1. The molecule has 1 unspecified atom stereocenters. The van der Waals surface area contributed by atoms with E-state index in [1.807, 2.05) is 6.07 Å². The highest BCUT2D eigenvalue weighted by atomic mass is 35.5. The first-order valence-electron chi connectivity index (χ1n) is 6.61. The van der Waals surface area contributed by atoms with Crippen LogP contribution in [0.3, 0.4) is 0 Å². The van der Waals surface area contributed by atoms with Gasteiger partial charge in [0.25, 0.3) is 5.91 Å². The second-order valence-electron chi connectivity index (χ2n) is 5.25. The van der Waals surface area contributed by atoms with Crippen LogP contribution in [0.5, 0.6) is 0 Å². The van der Waals surface area contributed by atoms with E-state index in [1.165, 1.54) is 0 Å². The van der Waals surface area contributed by atoms with Gasteiger partial charge in [-0.3, -0.25) is 9.48 Å². The molecule has 20 heavy (non-hydrogen) atoms. The molecule has 114 valence electrons. The molecule has 0 aromatic carbocycles. The number of aromatic nitrogens is 2. The van der Waals surface area contributed by atoms with Crippen LogP contribution in [0.1, 0.15) is 35.9 Å². The van der Waals surface area contributed by atoms with Crippen molar-refractivity contribution in [2.75, 3.05) is 20.2 Å². The number of amides is 1. The van der Waals surface area contributed by atoms with Crippen LogP contribution in [0.4, 0.5) is 0 Å². The van der Waals surface area contributed by atoms with Crippen LogP contribution in [-0.2, 0) is 11.8 Å². The van der Waals surface area contributed by atoms with Gasteiger partial charge in [0.05, 0.1) is 17.8 Å². The Morgan fingerprint density at radius 1 is 1.55 bits per heavy atom. The molecule has 2 atom stereocenters. The van der Waals surface area contributed by atoms with Gasteiger partial charge in [-0.2, -0.15) is 5.10 Å². The largest absolute Gasteiger partial charge is 0.378 e. The maximum atomic E-state index is 12.3. The lowest BCUT2D eigenvalue weighted by Gasteiger charge is -2.18. The molecule has 1 aromatic rings. The molecule has 7 heteroatoms. The predicted octanol–water partition coefficient (Wildman–Crippen LogP) is 0.682. The van der Waals surface area contributed by atoms with Crippen molar-refractivity contribution in [1.82, 2.24) is 20.4 Å². The molecule has 2 rings (SSSR count). The quantitative estimate of drug-likeness (QED) is 0.858. The third-order valence-electron chi connectivity index (χ3n) is 3.50. The van der Waals surface area contributed by atoms with E-state index in [0.29, 0.717) is 11.6 Å². The zero-order valence-corrected chi connectivity index (χ0v) is 13.2. The summed E-state index contributed by atoms with van der Waals surface area (Å²) in [5.74, 6) is 0.213. The van der Waals surface area contributed by atoms with Crippen molar-refractivity contribution in [2.24, 2.45) is 7.05 Å². The minimum Gasteiger partial charge on any atom is -0.378 e. The summed E-state index contributed by atoms with van der Waals surface area (Å²) in [6, 6.07) is 1.86. The van der Waals surface area contributed by atoms with Crippen LogP contribution < -0.4 is 10.6 Å². The number of nitrogens with one attached hydrogen (secondary N) is 2. The average Bonchev–Trinajstić information content (AvgIpc) is 2.95. The molecule has 2 N–H and O–H groups in total. The fourth-order valence-corrected chi connectivity index (χ4v) is 2.27. The molecule has 0 radical (unpaired) electrons. The zero-order valence-electron chi connectivity index (χ0n) is 12.3. The van der Waals surface area contributed by atoms with Crippen molar-refractivity contribution in [2.45, 2.75) is 31.9 Å². The van der Waals surface area contributed by atoms with Gasteiger partial charge in [-0.15, -0.1) is 12.4 Å². The maximum Gasteiger partial charge on any atom is 0.269 e. The van der Waals surface area contributed by atoms with Crippen molar-refractivity contribution in [1.29, 1.82) is 0 Å². The van der Waals surface area contributed by atoms with E-state index in [1.54, 1.807) is 18.8 Å². The van der Waals surface area contributed by atoms with Crippen LogP contribution >= 0.6 is 12.4 Å². The highest BCUT2D eigenvalue weighted by Crippen LogP contribution is 2.14. The Morgan fingerprint density at radius 3 is 2.80 bits per heavy atom. The van der Waals surface area contributed by atoms with Crippen LogP contribution in [0, 0.1) is 0 Å². The Hall–Kier alpha value is -1.11. The fourth-order valence-electron chi connectivity index (χ4n) is 2.27. The monoisotopic (exact) mass is 302 g/mol. The van der Waals surface area contributed by atoms with Gasteiger partial charge in [-0.25, -0.2) is 0 Å². The summed E-state index contributed by atoms with van der Waals surface area (Å²) in [5, 5.41) is 10.6. The lowest BCUT2D eigenvalue weighted by molar-refractivity contribution is 0.0773. The van der Waals surface area contributed by atoms with E-state index in [0.717, 1.165) is 18.8 Å². The van der Waals surface area contributed by atoms with Crippen LogP contribution in [-0.4, -0.2) is 48.0 Å². The Kier molecular flexibility index (Phi) is 5.98. The van der Waals surface area contributed by atoms with Crippen molar-refractivity contribution in [3.63, 3.8) is 0 Å². The van der Waals surface area contributed by atoms with E-state index < -0.39 is 0 Å². The van der Waals surface area contributed by atoms with Crippen LogP contribution in [0.25, 0.3) is 0 Å². The lowest BCUT2D eigenvalue weighted by Crippen LogP contribution is -2.44. The molecular weight excluding hydrogens is 280 g/mol. The number of aryl methyl sites for hydroxylation is 1. The highest BCUT2D eigenvalue weighted by Gasteiger charge is 2.29. The summed E-state index contributed by atoms with van der Waals surface area (Å²) < 4.78 is 6.97. The van der Waals surface area contributed by atoms with E-state index in [-0.39, 0.29) is 30.5 Å². The van der Waals surface area contributed by atoms with E-state index in [4.69, 9.17) is 4.74 Å². The number of rotatable bonds is 4. The third kappa shape index (κ3) is 3.50. The summed E-state index contributed by atoms with van der Waals surface area (Å²) in [6.07, 6.45) is 0.0294. The summed E-state index contributed by atoms with van der Waals surface area (Å²) in [7, 11) is 3.46. The third-order valence-corrected chi connectivity index (χ3v) is 3.50. The second kappa shape index (κ2) is 7.06. The van der Waals surface area contributed by atoms with Crippen LogP contribution in [0.15, 0.2) is 6.07 Å². The number of methoxy groups -OCH3 is 1. The van der Waals surface area contributed by atoms with Gasteiger partial charge in [-0.1, -0.05) is 13.8 Å². The van der Waals surface area contributed by atoms with Gasteiger partial charge >= 0.3 is 0 Å². The van der Waals surface area contributed by atoms with Crippen molar-refractivity contribution in [3.05, 3.63) is 17.5 Å². The minimum absolute atomic E-state index is 0. The highest BCUT2D eigenvalue weighted by molar-refractivity contribution is 5.93. The van der Waals surface area contributed by atoms with Gasteiger partial charge in [-0.05, 0) is 12.0 Å². The first-order chi connectivity index (χ1) is 9.02. The Labute approximate surface area is 125 Å². The van der Waals surface area contributed by atoms with Gasteiger partial charge in [0.1, 0.15) is 5.69 Å². The maximum absolute atomic E-state index is 12.3. The number of hydrogen-bond acceptors (Lipinski definition) is 4. The molecule has 0 saturated carbocycles. The summed E-state index contributed by atoms with van der Waals surface area (Å²) in [6.45, 7) is 5.63. The molecule has 1 amide bonds. The molecule has 1 aliphatic rings. The summed E-state index contributed by atoms with van der Waals surface area (Å²) in [4.78, 5) is 12.3. The summed E-state index contributed by atoms with van der Waals surface area (Å²) >= 11 is 0. The molecule has 0 spiro atoms. The van der Waals surface area contributed by atoms with E-state index in [2.05, 4.69) is 29.6 Å². The first-order valence-corrected chi connectivity index (χ1v) is 6.61. The van der Waals surface area contributed by atoms with E-state index in [9.17, 15) is 4.79 Å². The van der Waals surface area contributed by atoms with Gasteiger partial charge in [0.15, 0.2) is 0 Å². The molecular formula is C13H23ClN4O2. The lowest BCUT2D eigenvalue weighted by atomic mass is 10.1. The number of ether oxygens (including phenoxy) is 1. The Morgan fingerprint density at radius 2 is 2.25 bits per heavy atom. The van der Waals surface area contributed by atoms with E-state index >= 15 is 0 Å². The van der Waals surface area contributed by atoms with Crippen molar-refractivity contribution >= 4 is 18.3 Å². The zero-order chi connectivity index (χ0) is 14.0. The van der Waals surface area contributed by atoms with Gasteiger partial charge < -0.3 is 15.4 Å². The number of hydrogen-bond donors (Lipinski definition) is 2. The molecule has 0 bridgehead atoms. The standard InChI is InChI=1S/C13H22N4O2.ClH/c1-8(2)9-5-11(17(3)16-9)13(18)15-10-6-14-7-12(10)19-4;/h5,8,10,12,14H,6-7H2,1-4H3,(H,15,18);1H/t10?,12-;/m0./s1. The molecule has 1 fully saturated rings. The second-order valence-corrected chi connectivity index (χ2v) is 5.25. The Balaban J connectivity index is 0.00000200. The Bertz CT molecular complexity index is 461. The number of carbonyl (C=O) groups is 1. The number of carbonyl (C=O) groups excluding carboxylic acids is 1. The topological polar surface area (TPSA) is 68.2 Å².